The number of imidazole rings is 1. The Bertz CT molecular complexity index is 1490. The van der Waals surface area contributed by atoms with E-state index in [-0.39, 0.29) is 0 Å². The molecule has 2 heterocycles. The highest BCUT2D eigenvalue weighted by Crippen LogP contribution is 2.38. The number of aryl methyl sites for hydroxylation is 1. The molecule has 4 aromatic carbocycles. The van der Waals surface area contributed by atoms with Gasteiger partial charge in [0.2, 0.25) is 0 Å². The molecule has 0 radical (unpaired) electrons. The highest BCUT2D eigenvalue weighted by atomic mass is 16.3. The van der Waals surface area contributed by atoms with E-state index in [2.05, 4.69) is 72.3 Å². The van der Waals surface area contributed by atoms with Crippen LogP contribution in [0.15, 0.2) is 83.3 Å². The minimum atomic E-state index is 0.891. The largest absolute Gasteiger partial charge is 0.455 e. The second-order valence-corrected chi connectivity index (χ2v) is 6.93. The normalized spacial score (nSPS) is 11.9. The Morgan fingerprint density at radius 1 is 0.704 bits per heavy atom. The minimum Gasteiger partial charge on any atom is -0.455 e. The number of hydrogen-bond donors (Lipinski definition) is 0. The van der Waals surface area contributed by atoms with Gasteiger partial charge in [-0.2, -0.15) is 0 Å². The molecule has 0 aliphatic heterocycles. The van der Waals surface area contributed by atoms with E-state index in [1.165, 1.54) is 5.39 Å². The van der Waals surface area contributed by atoms with Crippen LogP contribution in [0.1, 0.15) is 0 Å². The Kier molecular flexibility index (Phi) is 2.81. The molecule has 0 amide bonds. The van der Waals surface area contributed by atoms with Gasteiger partial charge in [-0.25, -0.2) is 4.98 Å². The molecule has 0 aliphatic carbocycles. The van der Waals surface area contributed by atoms with Crippen LogP contribution in [0.25, 0.3) is 55.1 Å². The van der Waals surface area contributed by atoms with Crippen molar-refractivity contribution < 1.29 is 4.42 Å². The third-order valence-corrected chi connectivity index (χ3v) is 5.42. The maximum Gasteiger partial charge on any atom is 0.146 e. The van der Waals surface area contributed by atoms with Crippen molar-refractivity contribution in [3.8, 4) is 11.4 Å². The summed E-state index contributed by atoms with van der Waals surface area (Å²) in [7, 11) is 2.06. The molecule has 0 N–H and O–H groups in total. The van der Waals surface area contributed by atoms with Crippen LogP contribution in [0.4, 0.5) is 0 Å². The van der Waals surface area contributed by atoms with Crippen LogP contribution >= 0.6 is 0 Å². The Labute approximate surface area is 155 Å². The molecule has 0 atom stereocenters. The Morgan fingerprint density at radius 3 is 2.41 bits per heavy atom. The quantitative estimate of drug-likeness (QED) is 0.349. The average molecular weight is 348 g/mol. The number of para-hydroxylation sites is 3. The first-order chi connectivity index (χ1) is 13.3. The lowest BCUT2D eigenvalue weighted by Crippen LogP contribution is -1.92. The molecular formula is C24H16N2O. The van der Waals surface area contributed by atoms with Gasteiger partial charge in [-0.05, 0) is 29.7 Å². The molecule has 0 spiro atoms. The zero-order valence-corrected chi connectivity index (χ0v) is 14.8. The van der Waals surface area contributed by atoms with Crippen LogP contribution in [-0.4, -0.2) is 9.55 Å². The van der Waals surface area contributed by atoms with Gasteiger partial charge in [0.15, 0.2) is 0 Å². The van der Waals surface area contributed by atoms with Crippen molar-refractivity contribution in [2.45, 2.75) is 0 Å². The van der Waals surface area contributed by atoms with Crippen LogP contribution < -0.4 is 0 Å². The zero-order chi connectivity index (χ0) is 18.0. The second kappa shape index (κ2) is 5.21. The van der Waals surface area contributed by atoms with Gasteiger partial charge in [-0.3, -0.25) is 0 Å². The average Bonchev–Trinajstić information content (AvgIpc) is 3.26. The van der Waals surface area contributed by atoms with Crippen LogP contribution in [-0.2, 0) is 7.05 Å². The monoisotopic (exact) mass is 348 g/mol. The summed E-state index contributed by atoms with van der Waals surface area (Å²) in [6.07, 6.45) is 0. The maximum absolute atomic E-state index is 6.45. The van der Waals surface area contributed by atoms with Crippen molar-refractivity contribution >= 4 is 43.7 Å². The number of furan rings is 1. The number of fused-ring (bicyclic) bond motifs is 6. The van der Waals surface area contributed by atoms with Gasteiger partial charge in [-0.15, -0.1) is 0 Å². The van der Waals surface area contributed by atoms with Crippen molar-refractivity contribution in [1.29, 1.82) is 0 Å². The van der Waals surface area contributed by atoms with Gasteiger partial charge in [0.1, 0.15) is 17.0 Å². The van der Waals surface area contributed by atoms with E-state index in [0.29, 0.717) is 0 Å². The fraction of sp³-hybridized carbons (Fsp3) is 0.0417. The summed E-state index contributed by atoms with van der Waals surface area (Å²) in [4.78, 5) is 4.87. The summed E-state index contributed by atoms with van der Waals surface area (Å²) in [5.41, 5.74) is 4.96. The molecule has 0 saturated carbocycles. The van der Waals surface area contributed by atoms with Crippen molar-refractivity contribution in [2.24, 2.45) is 7.05 Å². The lowest BCUT2D eigenvalue weighted by atomic mass is 10.0. The second-order valence-electron chi connectivity index (χ2n) is 6.93. The number of rotatable bonds is 1. The molecule has 3 nitrogen and oxygen atoms in total. The van der Waals surface area contributed by atoms with Gasteiger partial charge in [-0.1, -0.05) is 54.6 Å². The van der Waals surface area contributed by atoms with Crippen molar-refractivity contribution in [3.63, 3.8) is 0 Å². The molecule has 3 heteroatoms. The topological polar surface area (TPSA) is 31.0 Å². The molecule has 27 heavy (non-hydrogen) atoms. The van der Waals surface area contributed by atoms with Gasteiger partial charge < -0.3 is 8.98 Å². The number of hydrogen-bond acceptors (Lipinski definition) is 2. The zero-order valence-electron chi connectivity index (χ0n) is 14.8. The maximum atomic E-state index is 6.45. The van der Waals surface area contributed by atoms with E-state index in [1.807, 2.05) is 18.2 Å². The lowest BCUT2D eigenvalue weighted by Gasteiger charge is -2.03. The number of aromatic nitrogens is 2. The van der Waals surface area contributed by atoms with E-state index in [4.69, 9.17) is 9.40 Å². The lowest BCUT2D eigenvalue weighted by molar-refractivity contribution is 0.673. The third kappa shape index (κ3) is 1.94. The smallest absolute Gasteiger partial charge is 0.146 e. The molecule has 6 rings (SSSR count). The molecule has 2 aromatic heterocycles. The number of benzene rings is 4. The van der Waals surface area contributed by atoms with E-state index in [1.54, 1.807) is 0 Å². The van der Waals surface area contributed by atoms with E-state index in [0.717, 1.165) is 49.7 Å². The summed E-state index contributed by atoms with van der Waals surface area (Å²) in [6.45, 7) is 0. The molecule has 6 aromatic rings. The fourth-order valence-electron chi connectivity index (χ4n) is 4.09. The molecule has 0 fully saturated rings. The Morgan fingerprint density at radius 2 is 1.48 bits per heavy atom. The Balaban J connectivity index is 1.75. The van der Waals surface area contributed by atoms with Crippen LogP contribution in [0, 0.1) is 0 Å². The van der Waals surface area contributed by atoms with Crippen LogP contribution in [0.2, 0.25) is 0 Å². The molecule has 0 saturated heterocycles. The first-order valence-corrected chi connectivity index (χ1v) is 9.06. The van der Waals surface area contributed by atoms with Crippen molar-refractivity contribution in [2.75, 3.05) is 0 Å². The molecular weight excluding hydrogens is 332 g/mol. The fourth-order valence-corrected chi connectivity index (χ4v) is 4.09. The van der Waals surface area contributed by atoms with E-state index < -0.39 is 0 Å². The molecule has 0 bridgehead atoms. The predicted octanol–water partition coefficient (Wildman–Crippen LogP) is 6.29. The molecule has 0 aliphatic rings. The summed E-state index contributed by atoms with van der Waals surface area (Å²) < 4.78 is 8.58. The third-order valence-electron chi connectivity index (χ3n) is 5.42. The summed E-state index contributed by atoms with van der Waals surface area (Å²) in [5.74, 6) is 0.921. The van der Waals surface area contributed by atoms with Crippen LogP contribution in [0.5, 0.6) is 0 Å². The summed E-state index contributed by atoms with van der Waals surface area (Å²) >= 11 is 0. The van der Waals surface area contributed by atoms with Gasteiger partial charge in [0, 0.05) is 23.2 Å². The number of nitrogens with zero attached hydrogens (tertiary/aromatic N) is 2. The first kappa shape index (κ1) is 14.6. The van der Waals surface area contributed by atoms with E-state index >= 15 is 0 Å². The molecule has 128 valence electrons. The standard InChI is InChI=1S/C24H16N2O/c1-26-21-12-5-4-11-20(21)25-24(26)19-10-6-9-17-18-14-13-15-7-2-3-8-16(15)22(18)27-23(17)19/h2-14H,1H3. The highest BCUT2D eigenvalue weighted by Gasteiger charge is 2.17. The predicted molar refractivity (Wildman–Crippen MR) is 111 cm³/mol. The highest BCUT2D eigenvalue weighted by molar-refractivity contribution is 6.17. The molecule has 0 unspecified atom stereocenters. The SMILES string of the molecule is Cn1c(-c2cccc3c2oc2c4ccccc4ccc32)nc2ccccc21. The van der Waals surface area contributed by atoms with Crippen LogP contribution in [0.3, 0.4) is 0 Å². The van der Waals surface area contributed by atoms with Crippen molar-refractivity contribution in [3.05, 3.63) is 78.9 Å². The summed E-state index contributed by atoms with van der Waals surface area (Å²) in [5, 5.41) is 4.60. The minimum absolute atomic E-state index is 0.891. The van der Waals surface area contributed by atoms with Crippen molar-refractivity contribution in [1.82, 2.24) is 9.55 Å². The van der Waals surface area contributed by atoms with E-state index in [9.17, 15) is 0 Å². The van der Waals surface area contributed by atoms with Gasteiger partial charge in [0.05, 0.1) is 16.6 Å². The van der Waals surface area contributed by atoms with Gasteiger partial charge >= 0.3 is 0 Å². The van der Waals surface area contributed by atoms with Gasteiger partial charge in [0.25, 0.3) is 0 Å². The Hall–Kier alpha value is -3.59. The summed E-state index contributed by atoms with van der Waals surface area (Å²) in [6, 6.07) is 27.2. The first-order valence-electron chi connectivity index (χ1n) is 9.06.